The summed E-state index contributed by atoms with van der Waals surface area (Å²) in [6.07, 6.45) is -2.41. The summed E-state index contributed by atoms with van der Waals surface area (Å²) in [6, 6.07) is -0.892. The van der Waals surface area contributed by atoms with E-state index in [0.717, 1.165) is 0 Å². The summed E-state index contributed by atoms with van der Waals surface area (Å²) >= 11 is 5.49. The third kappa shape index (κ3) is 11.5. The van der Waals surface area contributed by atoms with Gasteiger partial charge in [-0.25, -0.2) is 14.4 Å². The van der Waals surface area contributed by atoms with Crippen LogP contribution in [0.15, 0.2) is 0 Å². The van der Waals surface area contributed by atoms with Crippen molar-refractivity contribution in [3.8, 4) is 0 Å². The highest BCUT2D eigenvalue weighted by Gasteiger charge is 2.28. The second kappa shape index (κ2) is 10.3. The molecule has 146 valence electrons. The van der Waals surface area contributed by atoms with Crippen LogP contribution in [0.2, 0.25) is 0 Å². The quantitative estimate of drug-likeness (QED) is 0.410. The number of carbonyl (C=O) groups excluding carboxylic acids is 3. The molecule has 0 fully saturated rings. The molecule has 0 aliphatic carbocycles. The van der Waals surface area contributed by atoms with Crippen LogP contribution in [0.1, 0.15) is 48.5 Å². The molecule has 8 nitrogen and oxygen atoms in total. The summed E-state index contributed by atoms with van der Waals surface area (Å²) in [5.41, 5.74) is -1.51. The van der Waals surface area contributed by atoms with Gasteiger partial charge in [-0.15, -0.1) is 0 Å². The predicted molar refractivity (Wildman–Crippen MR) is 91.3 cm³/mol. The minimum absolute atomic E-state index is 0.191. The maximum absolute atomic E-state index is 12.2. The molecule has 0 aromatic heterocycles. The summed E-state index contributed by atoms with van der Waals surface area (Å²) < 4.78 is 19.7. The fourth-order valence-electron chi connectivity index (χ4n) is 1.58. The Balaban J connectivity index is 4.50. The van der Waals surface area contributed by atoms with Gasteiger partial charge in [0, 0.05) is 0 Å². The molecule has 25 heavy (non-hydrogen) atoms. The van der Waals surface area contributed by atoms with Gasteiger partial charge in [0.15, 0.2) is 5.56 Å². The largest absolute Gasteiger partial charge is 0.510 e. The fourth-order valence-corrected chi connectivity index (χ4v) is 1.65. The van der Waals surface area contributed by atoms with Crippen molar-refractivity contribution in [3.63, 3.8) is 0 Å². The minimum Gasteiger partial charge on any atom is -0.460 e. The van der Waals surface area contributed by atoms with E-state index in [9.17, 15) is 14.4 Å². The molecule has 2 unspecified atom stereocenters. The Bertz CT molecular complexity index is 460. The second-order valence-electron chi connectivity index (χ2n) is 6.84. The first-order valence-corrected chi connectivity index (χ1v) is 8.43. The number of hydrogen-bond acceptors (Lipinski definition) is 7. The maximum Gasteiger partial charge on any atom is 0.510 e. The van der Waals surface area contributed by atoms with Gasteiger partial charge < -0.3 is 24.3 Å². The lowest BCUT2D eigenvalue weighted by molar-refractivity contribution is -0.150. The Morgan fingerprint density at radius 3 is 2.04 bits per heavy atom. The normalized spacial score (nSPS) is 14.9. The van der Waals surface area contributed by atoms with Crippen molar-refractivity contribution in [2.24, 2.45) is 5.92 Å². The van der Waals surface area contributed by atoms with E-state index in [1.165, 1.54) is 13.8 Å². The average Bonchev–Trinajstić information content (AvgIpc) is 2.38. The first kappa shape index (κ1) is 23.3. The Morgan fingerprint density at radius 2 is 1.60 bits per heavy atom. The van der Waals surface area contributed by atoms with Crippen molar-refractivity contribution in [3.05, 3.63) is 0 Å². The lowest BCUT2D eigenvalue weighted by Gasteiger charge is -2.25. The highest BCUT2D eigenvalue weighted by atomic mass is 35.5. The van der Waals surface area contributed by atoms with E-state index in [0.29, 0.717) is 0 Å². The molecule has 1 N–H and O–H groups in total. The zero-order valence-electron chi connectivity index (χ0n) is 15.8. The summed E-state index contributed by atoms with van der Waals surface area (Å²) in [7, 11) is 0. The second-order valence-corrected chi connectivity index (χ2v) is 7.45. The third-order valence-electron chi connectivity index (χ3n) is 2.61. The number of rotatable bonds is 7. The first-order valence-electron chi connectivity index (χ1n) is 7.99. The van der Waals surface area contributed by atoms with Crippen LogP contribution in [-0.2, 0) is 23.7 Å². The number of halogens is 1. The van der Waals surface area contributed by atoms with E-state index in [-0.39, 0.29) is 12.5 Å². The predicted octanol–water partition coefficient (Wildman–Crippen LogP) is 3.21. The standard InChI is InChI=1S/C16H28ClNO7/c1-9(2)12(18-14(20)25-16(5,6)7)13(19)22-8-10(3)23-15(21)24-11(4)17/h9-12H,8H2,1-7H3,(H,18,20)/t10?,11?,12-/m0/s1. The number of hydrogen-bond donors (Lipinski definition) is 1. The fraction of sp³-hybridized carbons (Fsp3) is 0.812. The van der Waals surface area contributed by atoms with Gasteiger partial charge in [0.05, 0.1) is 0 Å². The number of ether oxygens (including phenoxy) is 4. The highest BCUT2D eigenvalue weighted by Crippen LogP contribution is 2.10. The SMILES string of the molecule is CC(Cl)OC(=O)OC(C)COC(=O)[C@@H](NC(=O)OC(C)(C)C)C(C)C. The number of nitrogens with one attached hydrogen (secondary N) is 1. The van der Waals surface area contributed by atoms with Crippen molar-refractivity contribution >= 4 is 29.8 Å². The molecule has 1 amide bonds. The minimum atomic E-state index is -0.960. The molecule has 0 saturated carbocycles. The molecule has 0 radical (unpaired) electrons. The van der Waals surface area contributed by atoms with E-state index in [1.807, 2.05) is 0 Å². The van der Waals surface area contributed by atoms with Crippen LogP contribution in [0.3, 0.4) is 0 Å². The van der Waals surface area contributed by atoms with E-state index < -0.39 is 41.5 Å². The molecule has 0 aliphatic rings. The number of esters is 1. The van der Waals surface area contributed by atoms with Crippen LogP contribution in [-0.4, -0.2) is 48.1 Å². The number of alkyl halides is 1. The lowest BCUT2D eigenvalue weighted by atomic mass is 10.1. The van der Waals surface area contributed by atoms with E-state index in [2.05, 4.69) is 10.1 Å². The molecule has 0 saturated heterocycles. The van der Waals surface area contributed by atoms with Crippen LogP contribution in [0, 0.1) is 5.92 Å². The van der Waals surface area contributed by atoms with Crippen LogP contribution in [0.25, 0.3) is 0 Å². The van der Waals surface area contributed by atoms with Gasteiger partial charge >= 0.3 is 18.2 Å². The van der Waals surface area contributed by atoms with Gasteiger partial charge in [-0.05, 0) is 40.5 Å². The van der Waals surface area contributed by atoms with Crippen molar-refractivity contribution in [1.82, 2.24) is 5.32 Å². The molecule has 0 aliphatic heterocycles. The third-order valence-corrected chi connectivity index (χ3v) is 2.70. The van der Waals surface area contributed by atoms with Crippen molar-refractivity contribution in [1.29, 1.82) is 0 Å². The van der Waals surface area contributed by atoms with Gasteiger partial charge in [-0.1, -0.05) is 25.4 Å². The topological polar surface area (TPSA) is 100 Å². The maximum atomic E-state index is 12.2. The van der Waals surface area contributed by atoms with Gasteiger partial charge in [-0.3, -0.25) is 0 Å². The Labute approximate surface area is 153 Å². The molecule has 0 aromatic carbocycles. The zero-order chi connectivity index (χ0) is 19.8. The molecular formula is C16H28ClNO7. The summed E-state index contributed by atoms with van der Waals surface area (Å²) in [5.74, 6) is -0.881. The van der Waals surface area contributed by atoms with E-state index in [4.69, 9.17) is 25.8 Å². The molecule has 0 spiro atoms. The van der Waals surface area contributed by atoms with Crippen LogP contribution >= 0.6 is 11.6 Å². The monoisotopic (exact) mass is 381 g/mol. The van der Waals surface area contributed by atoms with E-state index >= 15 is 0 Å². The van der Waals surface area contributed by atoms with Gasteiger partial charge in [0.2, 0.25) is 0 Å². The number of amides is 1. The molecule has 0 rings (SSSR count). The Morgan fingerprint density at radius 1 is 1.04 bits per heavy atom. The van der Waals surface area contributed by atoms with Gasteiger partial charge in [0.1, 0.15) is 24.4 Å². The molecule has 0 bridgehead atoms. The molecular weight excluding hydrogens is 354 g/mol. The molecule has 0 heterocycles. The zero-order valence-corrected chi connectivity index (χ0v) is 16.5. The molecule has 0 aromatic rings. The Hall–Kier alpha value is -1.70. The van der Waals surface area contributed by atoms with Crippen LogP contribution in [0.4, 0.5) is 9.59 Å². The number of carbonyl (C=O) groups is 3. The van der Waals surface area contributed by atoms with Crippen molar-refractivity contribution in [2.45, 2.75) is 71.8 Å². The van der Waals surface area contributed by atoms with Gasteiger partial charge in [-0.2, -0.15) is 0 Å². The highest BCUT2D eigenvalue weighted by molar-refractivity contribution is 6.19. The summed E-state index contributed by atoms with van der Waals surface area (Å²) in [5, 5.41) is 2.48. The van der Waals surface area contributed by atoms with E-state index in [1.54, 1.807) is 34.6 Å². The average molecular weight is 382 g/mol. The number of alkyl carbamates (subject to hydrolysis) is 1. The lowest BCUT2D eigenvalue weighted by Crippen LogP contribution is -2.47. The van der Waals surface area contributed by atoms with Crippen LogP contribution < -0.4 is 5.32 Å². The first-order chi connectivity index (χ1) is 11.3. The van der Waals surface area contributed by atoms with Crippen LogP contribution in [0.5, 0.6) is 0 Å². The smallest absolute Gasteiger partial charge is 0.460 e. The summed E-state index contributed by atoms with van der Waals surface area (Å²) in [4.78, 5) is 35.3. The van der Waals surface area contributed by atoms with Crippen molar-refractivity contribution < 1.29 is 33.3 Å². The van der Waals surface area contributed by atoms with Crippen molar-refractivity contribution in [2.75, 3.05) is 6.61 Å². The Kier molecular flexibility index (Phi) is 9.62. The summed E-state index contributed by atoms with van der Waals surface area (Å²) in [6.45, 7) is 11.5. The molecule has 3 atom stereocenters. The molecule has 9 heteroatoms. The van der Waals surface area contributed by atoms with Gasteiger partial charge in [0.25, 0.3) is 0 Å².